The maximum absolute atomic E-state index is 14.8. The van der Waals surface area contributed by atoms with E-state index in [0.717, 1.165) is 15.5 Å². The fourth-order valence-electron chi connectivity index (χ4n) is 4.37. The van der Waals surface area contributed by atoms with Gasteiger partial charge >= 0.3 is 13.6 Å². The summed E-state index contributed by atoms with van der Waals surface area (Å²) < 4.78 is 27.5. The lowest BCUT2D eigenvalue weighted by Gasteiger charge is -2.21. The number of amides is 1. The van der Waals surface area contributed by atoms with Gasteiger partial charge in [-0.2, -0.15) is 9.55 Å². The van der Waals surface area contributed by atoms with E-state index < -0.39 is 13.6 Å². The quantitative estimate of drug-likeness (QED) is 0.113. The number of benzene rings is 3. The van der Waals surface area contributed by atoms with Crippen molar-refractivity contribution in [1.29, 1.82) is 0 Å². The summed E-state index contributed by atoms with van der Waals surface area (Å²) in [6.45, 7) is 3.10. The molecular weight excluding hydrogens is 609 g/mol. The van der Waals surface area contributed by atoms with Crippen LogP contribution in [0.4, 0.5) is 0 Å². The Morgan fingerprint density at radius 2 is 1.73 bits per heavy atom. The maximum Gasteiger partial charge on any atom is 0.440 e. The van der Waals surface area contributed by atoms with Crippen molar-refractivity contribution in [2.45, 2.75) is 29.7 Å². The number of aromatic nitrogens is 3. The minimum Gasteiger partial charge on any atom is -0.462 e. The van der Waals surface area contributed by atoms with Crippen molar-refractivity contribution in [3.05, 3.63) is 114 Å². The third-order valence-corrected chi connectivity index (χ3v) is 9.25. The van der Waals surface area contributed by atoms with Crippen molar-refractivity contribution in [2.75, 3.05) is 13.6 Å². The fourth-order valence-corrected chi connectivity index (χ4v) is 7.02. The normalized spacial score (nSPS) is 12.7. The molecule has 230 valence electrons. The Balaban J connectivity index is 1.63. The van der Waals surface area contributed by atoms with E-state index in [1.165, 1.54) is 16.2 Å². The van der Waals surface area contributed by atoms with Gasteiger partial charge in [0.1, 0.15) is 12.3 Å². The fraction of sp³-hybridized carbons (Fsp3) is 0.152. The molecule has 0 fully saturated rings. The molecule has 0 saturated carbocycles. The molecule has 1 unspecified atom stereocenters. The van der Waals surface area contributed by atoms with Gasteiger partial charge in [0, 0.05) is 28.4 Å². The van der Waals surface area contributed by atoms with Crippen LogP contribution in [0.15, 0.2) is 107 Å². The third-order valence-electron chi connectivity index (χ3n) is 6.36. The number of rotatable bonds is 12. The van der Waals surface area contributed by atoms with Crippen LogP contribution in [-0.4, -0.2) is 46.1 Å². The lowest BCUT2D eigenvalue weighted by molar-refractivity contribution is -0.145. The molecule has 0 bridgehead atoms. The van der Waals surface area contributed by atoms with Crippen LogP contribution in [0.5, 0.6) is 5.75 Å². The molecule has 45 heavy (non-hydrogen) atoms. The summed E-state index contributed by atoms with van der Waals surface area (Å²) >= 11 is 1.39. The third kappa shape index (κ3) is 7.88. The molecular formula is C33H32N5O5PS. The summed E-state index contributed by atoms with van der Waals surface area (Å²) in [5.41, 5.74) is 2.25. The zero-order chi connectivity index (χ0) is 31.8. The highest BCUT2D eigenvalue weighted by atomic mass is 32.2. The van der Waals surface area contributed by atoms with E-state index in [9.17, 15) is 14.2 Å². The number of nitrogens with zero attached hydrogens (tertiary/aromatic N) is 3. The Kier molecular flexibility index (Phi) is 10.1. The number of hydrogen-bond acceptors (Lipinski definition) is 8. The molecule has 0 saturated heterocycles. The average Bonchev–Trinajstić information content (AvgIpc) is 3.42. The summed E-state index contributed by atoms with van der Waals surface area (Å²) in [6, 6.07) is 27.2. The zero-order valence-corrected chi connectivity index (χ0v) is 26.6. The first-order chi connectivity index (χ1) is 21.8. The molecule has 0 aliphatic heterocycles. The van der Waals surface area contributed by atoms with E-state index in [1.807, 2.05) is 60.7 Å². The summed E-state index contributed by atoms with van der Waals surface area (Å²) in [5.74, 6) is -0.468. The molecule has 2 aromatic heterocycles. The number of para-hydroxylation sites is 1. The van der Waals surface area contributed by atoms with Crippen LogP contribution in [0.3, 0.4) is 0 Å². The van der Waals surface area contributed by atoms with Crippen LogP contribution in [0, 0.1) is 0 Å². The summed E-state index contributed by atoms with van der Waals surface area (Å²) in [6.07, 6.45) is 4.94. The zero-order valence-electron chi connectivity index (χ0n) is 24.9. The smallest absolute Gasteiger partial charge is 0.440 e. The predicted molar refractivity (Wildman–Crippen MR) is 176 cm³/mol. The monoisotopic (exact) mass is 641 g/mol. The molecule has 1 amide bonds. The Morgan fingerprint density at radius 1 is 0.978 bits per heavy atom. The first-order valence-electron chi connectivity index (χ1n) is 14.2. The van der Waals surface area contributed by atoms with Crippen LogP contribution >= 0.6 is 19.4 Å². The average molecular weight is 642 g/mol. The van der Waals surface area contributed by atoms with Crippen LogP contribution in [0.25, 0.3) is 23.1 Å². The number of pyridine rings is 1. The molecule has 3 aromatic carbocycles. The van der Waals surface area contributed by atoms with Crippen molar-refractivity contribution >= 4 is 54.4 Å². The number of fused-ring (bicyclic) bond motifs is 1. The predicted octanol–water partition coefficient (Wildman–Crippen LogP) is 6.69. The largest absolute Gasteiger partial charge is 0.462 e. The van der Waals surface area contributed by atoms with Gasteiger partial charge < -0.3 is 14.6 Å². The summed E-state index contributed by atoms with van der Waals surface area (Å²) in [5, 5.41) is 10.9. The van der Waals surface area contributed by atoms with Crippen LogP contribution in [0.1, 0.15) is 35.6 Å². The van der Waals surface area contributed by atoms with Crippen molar-refractivity contribution in [3.8, 4) is 5.75 Å². The number of carbonyl (C=O) groups is 2. The van der Waals surface area contributed by atoms with Gasteiger partial charge in [0.05, 0.1) is 28.6 Å². The van der Waals surface area contributed by atoms with Gasteiger partial charge in [0.25, 0.3) is 5.91 Å². The molecule has 0 aliphatic carbocycles. The van der Waals surface area contributed by atoms with Crippen molar-refractivity contribution in [2.24, 2.45) is 0 Å². The highest BCUT2D eigenvalue weighted by Gasteiger charge is 2.33. The topological polar surface area (TPSA) is 124 Å². The van der Waals surface area contributed by atoms with E-state index >= 15 is 0 Å². The number of hydrogen-bond donors (Lipinski definition) is 2. The minimum atomic E-state index is -4.11. The molecule has 0 aliphatic rings. The van der Waals surface area contributed by atoms with Gasteiger partial charge in [-0.25, -0.2) is 9.65 Å². The molecule has 0 spiro atoms. The standard InChI is InChI=1S/C33H32N5O5PS/c1-23(2)42-32(39)22-36-44(41,43-25-12-5-4-6-13-25)38-30-21-26(45-31-15-8-7-14-28(31)33(40)34-3)17-18-27(30)29(37-38)19-16-24-11-9-10-20-35-24/h4-21,23H,22H2,1-3H3,(H,34,40)(H,36,41)/b19-16+. The highest BCUT2D eigenvalue weighted by molar-refractivity contribution is 7.99. The SMILES string of the molecule is CNC(=O)c1ccccc1Sc1ccc2c(/C=C/c3ccccn3)nn(P(=O)(NCC(=O)OC(C)C)Oc3ccccc3)c2c1. The van der Waals surface area contributed by atoms with Crippen LogP contribution in [0.2, 0.25) is 0 Å². The lowest BCUT2D eigenvalue weighted by atomic mass is 10.2. The first-order valence-corrected chi connectivity index (χ1v) is 16.6. The number of carbonyl (C=O) groups excluding carboxylic acids is 2. The summed E-state index contributed by atoms with van der Waals surface area (Å²) in [7, 11) is -2.53. The van der Waals surface area contributed by atoms with Gasteiger partial charge in [0.2, 0.25) is 0 Å². The molecule has 5 rings (SSSR count). The van der Waals surface area contributed by atoms with Gasteiger partial charge in [-0.3, -0.25) is 14.6 Å². The summed E-state index contributed by atoms with van der Waals surface area (Å²) in [4.78, 5) is 30.9. The van der Waals surface area contributed by atoms with Crippen molar-refractivity contribution in [1.82, 2.24) is 24.9 Å². The Bertz CT molecular complexity index is 1880. The minimum absolute atomic E-state index is 0.204. The van der Waals surface area contributed by atoms with Crippen LogP contribution < -0.4 is 14.9 Å². The van der Waals surface area contributed by atoms with Gasteiger partial charge in [0.15, 0.2) is 0 Å². The molecule has 5 aromatic rings. The van der Waals surface area contributed by atoms with Crippen molar-refractivity contribution in [3.63, 3.8) is 0 Å². The van der Waals surface area contributed by atoms with Gasteiger partial charge in [-0.05, 0) is 80.6 Å². The Morgan fingerprint density at radius 3 is 2.47 bits per heavy atom. The van der Waals surface area contributed by atoms with E-state index in [1.54, 1.807) is 69.6 Å². The van der Waals surface area contributed by atoms with E-state index in [0.29, 0.717) is 27.9 Å². The van der Waals surface area contributed by atoms with E-state index in [4.69, 9.17) is 14.4 Å². The second-order valence-electron chi connectivity index (χ2n) is 10.0. The number of nitrogens with one attached hydrogen (secondary N) is 2. The van der Waals surface area contributed by atoms with Gasteiger partial charge in [-0.15, -0.1) is 0 Å². The second kappa shape index (κ2) is 14.4. The molecule has 0 radical (unpaired) electrons. The lowest BCUT2D eigenvalue weighted by Crippen LogP contribution is -2.29. The van der Waals surface area contributed by atoms with Gasteiger partial charge in [-0.1, -0.05) is 48.2 Å². The Labute approximate surface area is 265 Å². The first kappa shape index (κ1) is 31.7. The number of ether oxygens (including phenoxy) is 1. The maximum atomic E-state index is 14.8. The molecule has 10 nitrogen and oxygen atoms in total. The highest BCUT2D eigenvalue weighted by Crippen LogP contribution is 2.47. The van der Waals surface area contributed by atoms with E-state index in [2.05, 4.69) is 15.4 Å². The Hall–Kier alpha value is -4.70. The molecule has 12 heteroatoms. The second-order valence-corrected chi connectivity index (χ2v) is 13.1. The van der Waals surface area contributed by atoms with Crippen molar-refractivity contribution < 1.29 is 23.4 Å². The molecule has 1 atom stereocenters. The van der Waals surface area contributed by atoms with E-state index in [-0.39, 0.29) is 18.6 Å². The molecule has 2 heterocycles. The molecule has 2 N–H and O–H groups in total. The number of esters is 1. The van der Waals surface area contributed by atoms with Crippen LogP contribution in [-0.2, 0) is 14.1 Å².